The lowest BCUT2D eigenvalue weighted by molar-refractivity contribution is -0.149. The van der Waals surface area contributed by atoms with E-state index in [-0.39, 0.29) is 29.4 Å². The van der Waals surface area contributed by atoms with Crippen LogP contribution in [0.1, 0.15) is 57.4 Å². The quantitative estimate of drug-likeness (QED) is 0.742. The van der Waals surface area contributed by atoms with Gasteiger partial charge in [0.2, 0.25) is 5.91 Å². The highest BCUT2D eigenvalue weighted by Crippen LogP contribution is 2.39. The van der Waals surface area contributed by atoms with Crippen LogP contribution >= 0.6 is 0 Å². The van der Waals surface area contributed by atoms with Gasteiger partial charge in [-0.15, -0.1) is 0 Å². The van der Waals surface area contributed by atoms with Crippen LogP contribution in [-0.2, 0) is 19.7 Å². The predicted molar refractivity (Wildman–Crippen MR) is 111 cm³/mol. The Bertz CT molecular complexity index is 689. The molecule has 160 valence electrons. The van der Waals surface area contributed by atoms with Crippen molar-refractivity contribution in [3.8, 4) is 0 Å². The van der Waals surface area contributed by atoms with Gasteiger partial charge in [0.1, 0.15) is 6.10 Å². The number of hydrogen-bond acceptors (Lipinski definition) is 4. The third kappa shape index (κ3) is 5.17. The first-order chi connectivity index (χ1) is 13.9. The minimum absolute atomic E-state index is 0.0252. The van der Waals surface area contributed by atoms with E-state index in [1.807, 2.05) is 18.2 Å². The third-order valence-electron chi connectivity index (χ3n) is 6.64. The summed E-state index contributed by atoms with van der Waals surface area (Å²) in [6.07, 6.45) is 4.61. The average Bonchev–Trinajstić information content (AvgIpc) is 2.92. The van der Waals surface area contributed by atoms with E-state index in [2.05, 4.69) is 17.4 Å². The van der Waals surface area contributed by atoms with Crippen molar-refractivity contribution in [2.45, 2.75) is 75.5 Å². The second-order valence-electron chi connectivity index (χ2n) is 8.57. The molecule has 1 aliphatic carbocycles. The molecule has 0 aromatic heterocycles. The molecule has 2 N–H and O–H groups in total. The maximum atomic E-state index is 12.9. The van der Waals surface area contributed by atoms with Gasteiger partial charge in [-0.1, -0.05) is 30.3 Å². The topological polar surface area (TPSA) is 78.9 Å². The van der Waals surface area contributed by atoms with Crippen LogP contribution in [0.15, 0.2) is 30.3 Å². The van der Waals surface area contributed by atoms with Crippen molar-refractivity contribution in [2.75, 3.05) is 20.2 Å². The lowest BCUT2D eigenvalue weighted by atomic mass is 9.74. The summed E-state index contributed by atoms with van der Waals surface area (Å²) in [6.45, 7) is 2.70. The van der Waals surface area contributed by atoms with E-state index in [4.69, 9.17) is 4.74 Å². The van der Waals surface area contributed by atoms with Crippen LogP contribution in [0.2, 0.25) is 0 Å². The van der Waals surface area contributed by atoms with Gasteiger partial charge in [0.15, 0.2) is 0 Å². The Morgan fingerprint density at radius 1 is 1.17 bits per heavy atom. The van der Waals surface area contributed by atoms with Crippen molar-refractivity contribution >= 4 is 11.8 Å². The minimum atomic E-state index is -0.588. The average molecular weight is 403 g/mol. The van der Waals surface area contributed by atoms with Crippen molar-refractivity contribution in [2.24, 2.45) is 0 Å². The Balaban J connectivity index is 1.77. The van der Waals surface area contributed by atoms with Gasteiger partial charge in [0, 0.05) is 32.5 Å². The SMILES string of the molecule is CC(=O)NC[C@]1(c2ccccc2)CC[C@@H](O)[C@H](N(C)C(=O)[C@H]2CCCCO2)CC1. The molecule has 0 radical (unpaired) electrons. The summed E-state index contributed by atoms with van der Waals surface area (Å²) in [6, 6.07) is 9.97. The van der Waals surface area contributed by atoms with Crippen molar-refractivity contribution in [3.63, 3.8) is 0 Å². The van der Waals surface area contributed by atoms with Gasteiger partial charge in [-0.2, -0.15) is 0 Å². The fourth-order valence-electron chi connectivity index (χ4n) is 4.79. The summed E-state index contributed by atoms with van der Waals surface area (Å²) >= 11 is 0. The van der Waals surface area contributed by atoms with E-state index in [0.717, 1.165) is 32.1 Å². The van der Waals surface area contributed by atoms with Crippen molar-refractivity contribution < 1.29 is 19.4 Å². The van der Waals surface area contributed by atoms with Crippen molar-refractivity contribution in [3.05, 3.63) is 35.9 Å². The molecule has 1 aromatic rings. The van der Waals surface area contributed by atoms with Gasteiger partial charge in [-0.25, -0.2) is 0 Å². The van der Waals surface area contributed by atoms with Gasteiger partial charge < -0.3 is 20.1 Å². The molecule has 0 spiro atoms. The lowest BCUT2D eigenvalue weighted by Gasteiger charge is -2.35. The maximum Gasteiger partial charge on any atom is 0.251 e. The molecule has 2 aliphatic rings. The number of aliphatic hydroxyl groups is 1. The number of hydrogen-bond donors (Lipinski definition) is 2. The minimum Gasteiger partial charge on any atom is -0.391 e. The second-order valence-corrected chi connectivity index (χ2v) is 8.57. The highest BCUT2D eigenvalue weighted by molar-refractivity contribution is 5.81. The molecule has 1 aliphatic heterocycles. The van der Waals surface area contributed by atoms with E-state index in [9.17, 15) is 14.7 Å². The molecule has 0 unspecified atom stereocenters. The van der Waals surface area contributed by atoms with Crippen LogP contribution in [0.25, 0.3) is 0 Å². The second kappa shape index (κ2) is 9.72. The van der Waals surface area contributed by atoms with Gasteiger partial charge in [0.05, 0.1) is 12.1 Å². The van der Waals surface area contributed by atoms with Gasteiger partial charge in [-0.3, -0.25) is 9.59 Å². The van der Waals surface area contributed by atoms with E-state index in [1.165, 1.54) is 12.5 Å². The molecule has 29 heavy (non-hydrogen) atoms. The summed E-state index contributed by atoms with van der Waals surface area (Å²) in [4.78, 5) is 26.3. The number of rotatable bonds is 5. The molecule has 6 heteroatoms. The molecule has 2 fully saturated rings. The Morgan fingerprint density at radius 2 is 1.90 bits per heavy atom. The van der Waals surface area contributed by atoms with Crippen molar-refractivity contribution in [1.29, 1.82) is 0 Å². The Hall–Kier alpha value is -1.92. The zero-order valence-electron chi connectivity index (χ0n) is 17.6. The van der Waals surface area contributed by atoms with Crippen LogP contribution in [0.4, 0.5) is 0 Å². The fraction of sp³-hybridized carbons (Fsp3) is 0.652. The molecule has 6 nitrogen and oxygen atoms in total. The number of benzene rings is 1. The normalized spacial score (nSPS) is 30.2. The molecule has 1 heterocycles. The van der Waals surface area contributed by atoms with Gasteiger partial charge >= 0.3 is 0 Å². The third-order valence-corrected chi connectivity index (χ3v) is 6.64. The Labute approximate surface area is 173 Å². The van der Waals surface area contributed by atoms with Gasteiger partial charge in [0.25, 0.3) is 5.91 Å². The number of nitrogens with one attached hydrogen (secondary N) is 1. The lowest BCUT2D eigenvalue weighted by Crippen LogP contribution is -2.49. The molecule has 1 aromatic carbocycles. The number of aliphatic hydroxyl groups excluding tert-OH is 1. The number of nitrogens with zero attached hydrogens (tertiary/aromatic N) is 1. The molecular formula is C23H34N2O4. The van der Waals surface area contributed by atoms with Crippen molar-refractivity contribution in [1.82, 2.24) is 10.2 Å². The van der Waals surface area contributed by atoms with E-state index in [0.29, 0.717) is 26.0 Å². The molecule has 2 amide bonds. The fourth-order valence-corrected chi connectivity index (χ4v) is 4.79. The summed E-state index contributed by atoms with van der Waals surface area (Å²) < 4.78 is 5.67. The van der Waals surface area contributed by atoms with E-state index < -0.39 is 6.10 Å². The van der Waals surface area contributed by atoms with E-state index >= 15 is 0 Å². The summed E-state index contributed by atoms with van der Waals surface area (Å²) in [7, 11) is 1.79. The number of amides is 2. The first kappa shape index (κ1) is 21.8. The van der Waals surface area contributed by atoms with Crippen LogP contribution < -0.4 is 5.32 Å². The standard InChI is InChI=1S/C23H34N2O4/c1-17(26)24-16-23(18-8-4-3-5-9-18)13-11-19(20(27)12-14-23)25(2)22(28)21-10-6-7-15-29-21/h3-5,8-9,19-21,27H,6-7,10-16H2,1-2H3,(H,24,26)/t19-,20-,21-,23-/m1/s1. The highest BCUT2D eigenvalue weighted by Gasteiger charge is 2.41. The van der Waals surface area contributed by atoms with Gasteiger partial charge in [-0.05, 0) is 50.5 Å². The summed E-state index contributed by atoms with van der Waals surface area (Å²) in [5, 5.41) is 13.9. The van der Waals surface area contributed by atoms with E-state index in [1.54, 1.807) is 11.9 Å². The van der Waals surface area contributed by atoms with Crippen LogP contribution in [0.5, 0.6) is 0 Å². The van der Waals surface area contributed by atoms with Crippen LogP contribution in [-0.4, -0.2) is 60.3 Å². The maximum absolute atomic E-state index is 12.9. The number of ether oxygens (including phenoxy) is 1. The number of likely N-dealkylation sites (N-methyl/N-ethyl adjacent to an activating group) is 1. The zero-order chi connectivity index (χ0) is 20.9. The first-order valence-corrected chi connectivity index (χ1v) is 10.8. The summed E-state index contributed by atoms with van der Waals surface area (Å²) in [5.41, 5.74) is 0.930. The highest BCUT2D eigenvalue weighted by atomic mass is 16.5. The molecule has 3 rings (SSSR count). The smallest absolute Gasteiger partial charge is 0.251 e. The zero-order valence-corrected chi connectivity index (χ0v) is 17.6. The largest absolute Gasteiger partial charge is 0.391 e. The number of carbonyl (C=O) groups excluding carboxylic acids is 2. The molecular weight excluding hydrogens is 368 g/mol. The Morgan fingerprint density at radius 3 is 2.55 bits per heavy atom. The molecule has 1 saturated heterocycles. The molecule has 4 atom stereocenters. The predicted octanol–water partition coefficient (Wildman–Crippen LogP) is 2.39. The van der Waals surface area contributed by atoms with Crippen LogP contribution in [0.3, 0.4) is 0 Å². The molecule has 0 bridgehead atoms. The summed E-state index contributed by atoms with van der Waals surface area (Å²) in [5.74, 6) is -0.0776. The number of carbonyl (C=O) groups is 2. The monoisotopic (exact) mass is 402 g/mol. The van der Waals surface area contributed by atoms with Crippen LogP contribution in [0, 0.1) is 0 Å². The Kier molecular flexibility index (Phi) is 7.30. The molecule has 1 saturated carbocycles. The first-order valence-electron chi connectivity index (χ1n) is 10.8.